The normalized spacial score (nSPS) is 27.0. The number of hydrogen-bond donors (Lipinski definition) is 1. The maximum Gasteiger partial charge on any atom is 0.0294 e. The highest BCUT2D eigenvalue weighted by molar-refractivity contribution is 5.37. The quantitative estimate of drug-likeness (QED) is 0.639. The van der Waals surface area contributed by atoms with Crippen molar-refractivity contribution >= 4 is 0 Å². The highest BCUT2D eigenvalue weighted by Gasteiger charge is 2.20. The zero-order chi connectivity index (χ0) is 9.42. The van der Waals surface area contributed by atoms with E-state index in [-0.39, 0.29) is 0 Å². The zero-order valence-electron chi connectivity index (χ0n) is 8.59. The van der Waals surface area contributed by atoms with Crippen LogP contribution in [0.5, 0.6) is 0 Å². The molecule has 0 spiro atoms. The van der Waals surface area contributed by atoms with Crippen molar-refractivity contribution in [2.45, 2.75) is 32.7 Å². The molecule has 0 saturated heterocycles. The van der Waals surface area contributed by atoms with Gasteiger partial charge in [-0.05, 0) is 30.9 Å². The third-order valence-corrected chi connectivity index (χ3v) is 2.97. The van der Waals surface area contributed by atoms with Crippen molar-refractivity contribution in [3.05, 3.63) is 34.9 Å². The summed E-state index contributed by atoms with van der Waals surface area (Å²) >= 11 is 0. The predicted octanol–water partition coefficient (Wildman–Crippen LogP) is 2.76. The van der Waals surface area contributed by atoms with Crippen molar-refractivity contribution in [2.75, 3.05) is 6.54 Å². The molecule has 1 N–H and O–H groups in total. The number of nitrogens with one attached hydrogen (secondary N) is 1. The second-order valence-electron chi connectivity index (χ2n) is 4.16. The predicted molar refractivity (Wildman–Crippen MR) is 56.0 cm³/mol. The van der Waals surface area contributed by atoms with E-state index in [0.717, 1.165) is 6.54 Å². The van der Waals surface area contributed by atoms with Gasteiger partial charge < -0.3 is 5.32 Å². The van der Waals surface area contributed by atoms with E-state index in [9.17, 15) is 0 Å². The van der Waals surface area contributed by atoms with E-state index in [1.54, 1.807) is 0 Å². The van der Waals surface area contributed by atoms with Gasteiger partial charge in [-0.25, -0.2) is 0 Å². The second kappa shape index (κ2) is 3.15. The molecule has 1 heterocycles. The van der Waals surface area contributed by atoms with Gasteiger partial charge in [-0.2, -0.15) is 0 Å². The maximum absolute atomic E-state index is 3.51. The molecule has 1 nitrogen and oxygen atoms in total. The highest BCUT2D eigenvalue weighted by Crippen LogP contribution is 2.29. The first-order valence-corrected chi connectivity index (χ1v) is 5.02. The summed E-state index contributed by atoms with van der Waals surface area (Å²) in [6.45, 7) is 7.80. The fraction of sp³-hybridized carbons (Fsp3) is 0.500. The molecule has 2 unspecified atom stereocenters. The van der Waals surface area contributed by atoms with Gasteiger partial charge in [0.25, 0.3) is 0 Å². The topological polar surface area (TPSA) is 12.0 Å². The zero-order valence-corrected chi connectivity index (χ0v) is 8.59. The summed E-state index contributed by atoms with van der Waals surface area (Å²) < 4.78 is 0. The summed E-state index contributed by atoms with van der Waals surface area (Å²) in [5, 5.41) is 3.51. The van der Waals surface area contributed by atoms with Crippen LogP contribution in [-0.2, 0) is 0 Å². The van der Waals surface area contributed by atoms with Crippen molar-refractivity contribution in [1.82, 2.24) is 5.32 Å². The van der Waals surface area contributed by atoms with Gasteiger partial charge in [0.1, 0.15) is 0 Å². The van der Waals surface area contributed by atoms with Gasteiger partial charge in [0.05, 0.1) is 0 Å². The van der Waals surface area contributed by atoms with Gasteiger partial charge >= 0.3 is 0 Å². The molecule has 0 radical (unpaired) electrons. The Bertz CT molecular complexity index is 317. The molecule has 70 valence electrons. The van der Waals surface area contributed by atoms with E-state index in [0.29, 0.717) is 12.0 Å². The monoisotopic (exact) mass is 175 g/mol. The molecular weight excluding hydrogens is 158 g/mol. The van der Waals surface area contributed by atoms with Crippen LogP contribution in [0.15, 0.2) is 18.2 Å². The first kappa shape index (κ1) is 8.76. The Hall–Kier alpha value is -0.820. The Labute approximate surface area is 80.2 Å². The smallest absolute Gasteiger partial charge is 0.0294 e. The van der Waals surface area contributed by atoms with E-state index >= 15 is 0 Å². The Morgan fingerprint density at radius 3 is 2.77 bits per heavy atom. The lowest BCUT2D eigenvalue weighted by Gasteiger charge is -2.29. The van der Waals surface area contributed by atoms with Gasteiger partial charge in [0, 0.05) is 12.6 Å². The molecule has 2 rings (SSSR count). The minimum atomic E-state index is 0.520. The molecule has 1 aromatic carbocycles. The molecule has 0 amide bonds. The fourth-order valence-electron chi connectivity index (χ4n) is 2.09. The first-order chi connectivity index (χ1) is 6.18. The van der Waals surface area contributed by atoms with Crippen molar-refractivity contribution in [2.24, 2.45) is 0 Å². The molecule has 0 bridgehead atoms. The van der Waals surface area contributed by atoms with Crippen molar-refractivity contribution < 1.29 is 0 Å². The van der Waals surface area contributed by atoms with Crippen LogP contribution in [0.25, 0.3) is 0 Å². The maximum atomic E-state index is 3.51. The van der Waals surface area contributed by atoms with Gasteiger partial charge in [-0.3, -0.25) is 0 Å². The number of fused-ring (bicyclic) bond motifs is 1. The third-order valence-electron chi connectivity index (χ3n) is 2.97. The summed E-state index contributed by atoms with van der Waals surface area (Å²) in [6, 6.07) is 7.32. The van der Waals surface area contributed by atoms with Crippen LogP contribution in [0, 0.1) is 6.92 Å². The van der Waals surface area contributed by atoms with Crippen molar-refractivity contribution in [3.63, 3.8) is 0 Å². The van der Waals surface area contributed by atoms with Crippen LogP contribution in [0.1, 0.15) is 42.5 Å². The van der Waals surface area contributed by atoms with Gasteiger partial charge in [-0.1, -0.05) is 30.7 Å². The molecule has 0 aromatic heterocycles. The van der Waals surface area contributed by atoms with E-state index in [2.05, 4.69) is 44.3 Å². The molecule has 0 aliphatic carbocycles. The number of hydrogen-bond acceptors (Lipinski definition) is 1. The third kappa shape index (κ3) is 1.49. The Morgan fingerprint density at radius 2 is 2.00 bits per heavy atom. The first-order valence-electron chi connectivity index (χ1n) is 5.02. The summed E-state index contributed by atoms with van der Waals surface area (Å²) in [5.41, 5.74) is 4.38. The summed E-state index contributed by atoms with van der Waals surface area (Å²) in [4.78, 5) is 0. The Morgan fingerprint density at radius 1 is 1.23 bits per heavy atom. The second-order valence-corrected chi connectivity index (χ2v) is 4.16. The fourth-order valence-corrected chi connectivity index (χ4v) is 2.09. The molecule has 1 aliphatic heterocycles. The minimum Gasteiger partial charge on any atom is -0.310 e. The largest absolute Gasteiger partial charge is 0.310 e. The van der Waals surface area contributed by atoms with Gasteiger partial charge in [0.15, 0.2) is 0 Å². The van der Waals surface area contributed by atoms with Gasteiger partial charge in [-0.15, -0.1) is 0 Å². The average molecular weight is 175 g/mol. The highest BCUT2D eigenvalue weighted by atomic mass is 14.9. The van der Waals surface area contributed by atoms with Crippen LogP contribution in [-0.4, -0.2) is 6.54 Å². The summed E-state index contributed by atoms with van der Waals surface area (Å²) in [5.74, 6) is 0.658. The van der Waals surface area contributed by atoms with E-state index in [1.165, 1.54) is 16.7 Å². The molecule has 1 aromatic rings. The lowest BCUT2D eigenvalue weighted by Crippen LogP contribution is -2.30. The molecular formula is C12H17N. The van der Waals surface area contributed by atoms with Crippen molar-refractivity contribution in [1.29, 1.82) is 0 Å². The van der Waals surface area contributed by atoms with E-state index in [1.807, 2.05) is 0 Å². The summed E-state index contributed by atoms with van der Waals surface area (Å²) in [7, 11) is 0. The SMILES string of the molecule is Cc1ccc2c(c1)C(C)CNC2C. The lowest BCUT2D eigenvalue weighted by molar-refractivity contribution is 0.495. The molecule has 1 aliphatic rings. The van der Waals surface area contributed by atoms with Gasteiger partial charge in [0.2, 0.25) is 0 Å². The standard InChI is InChI=1S/C12H17N/c1-8-4-5-11-10(3)13-7-9(2)12(11)6-8/h4-6,9-10,13H,7H2,1-3H3. The Balaban J connectivity index is 2.50. The van der Waals surface area contributed by atoms with Crippen molar-refractivity contribution in [3.8, 4) is 0 Å². The molecule has 0 saturated carbocycles. The van der Waals surface area contributed by atoms with Crippen LogP contribution in [0.3, 0.4) is 0 Å². The lowest BCUT2D eigenvalue weighted by atomic mass is 9.87. The number of aryl methyl sites for hydroxylation is 1. The molecule has 2 atom stereocenters. The minimum absolute atomic E-state index is 0.520. The van der Waals surface area contributed by atoms with Crippen LogP contribution in [0.4, 0.5) is 0 Å². The molecule has 0 fully saturated rings. The van der Waals surface area contributed by atoms with E-state index in [4.69, 9.17) is 0 Å². The number of rotatable bonds is 0. The van der Waals surface area contributed by atoms with Crippen LogP contribution >= 0.6 is 0 Å². The number of benzene rings is 1. The van der Waals surface area contributed by atoms with Crippen LogP contribution in [0.2, 0.25) is 0 Å². The van der Waals surface area contributed by atoms with Crippen LogP contribution < -0.4 is 5.32 Å². The Kier molecular flexibility index (Phi) is 2.12. The molecule has 13 heavy (non-hydrogen) atoms. The molecule has 1 heteroatoms. The summed E-state index contributed by atoms with van der Waals surface area (Å²) in [6.07, 6.45) is 0. The average Bonchev–Trinajstić information content (AvgIpc) is 2.12. The van der Waals surface area contributed by atoms with E-state index < -0.39 is 0 Å².